The van der Waals surface area contributed by atoms with Crippen LogP contribution in [-0.2, 0) is 19.0 Å². The molecule has 3 N–H and O–H groups in total. The Bertz CT molecular complexity index is 1270. The van der Waals surface area contributed by atoms with Gasteiger partial charge in [0.05, 0.1) is 39.5 Å². The van der Waals surface area contributed by atoms with E-state index in [1.165, 1.54) is 27.4 Å². The Morgan fingerprint density at radius 2 is 1.74 bits per heavy atom. The Labute approximate surface area is 227 Å². The minimum Gasteiger partial charge on any atom is -0.504 e. The quantitative estimate of drug-likeness (QED) is 0.385. The van der Waals surface area contributed by atoms with Gasteiger partial charge in [0.2, 0.25) is 12.1 Å². The molecule has 1 saturated heterocycles. The molecule has 2 aromatic carbocycles. The van der Waals surface area contributed by atoms with E-state index in [2.05, 4.69) is 0 Å². The van der Waals surface area contributed by atoms with E-state index < -0.39 is 36.6 Å². The molecule has 1 spiro atoms. The summed E-state index contributed by atoms with van der Waals surface area (Å²) in [6, 6.07) is 8.69. The Balaban J connectivity index is 1.75. The number of carbonyl (C=O) groups excluding carboxylic acids is 1. The van der Waals surface area contributed by atoms with E-state index >= 15 is 0 Å². The smallest absolute Gasteiger partial charge is 0.225 e. The molecule has 1 fully saturated rings. The maximum Gasteiger partial charge on any atom is 0.225 e. The predicted octanol–water partition coefficient (Wildman–Crippen LogP) is 3.10. The van der Waals surface area contributed by atoms with Gasteiger partial charge in [-0.15, -0.1) is 0 Å². The fourth-order valence-corrected chi connectivity index (χ4v) is 5.04. The number of phenols is 1. The fraction of sp³-hybridized carbons (Fsp3) is 0.414. The third kappa shape index (κ3) is 5.33. The summed E-state index contributed by atoms with van der Waals surface area (Å²) in [5.41, 5.74) is 0.951. The summed E-state index contributed by atoms with van der Waals surface area (Å²) < 4.78 is 34.6. The van der Waals surface area contributed by atoms with Gasteiger partial charge in [-0.2, -0.15) is 0 Å². The normalized spacial score (nSPS) is 24.9. The highest BCUT2D eigenvalue weighted by atomic mass is 16.8. The summed E-state index contributed by atoms with van der Waals surface area (Å²) in [6.45, 7) is 2.75. The van der Waals surface area contributed by atoms with E-state index in [9.17, 15) is 20.1 Å². The number of aryl methyl sites for hydroxylation is 2. The Morgan fingerprint density at radius 1 is 1.00 bits per heavy atom. The standard InChI is InChI=1S/C29H34O10/c1-16-6-7-21(22(10-16)34-3)37-25(15-31)38-28-29(9-8-20(32)24(13-29)36-5)19(14-30)27(39-28)18-11-17(2)26(33)23(12-18)35-4/h6-13,19,25,27-28,30-31,33H,14-15H2,1-5H3. The van der Waals surface area contributed by atoms with Crippen LogP contribution >= 0.6 is 0 Å². The lowest BCUT2D eigenvalue weighted by Gasteiger charge is -2.35. The second kappa shape index (κ2) is 11.7. The number of rotatable bonds is 10. The largest absolute Gasteiger partial charge is 0.504 e. The number of methoxy groups -OCH3 is 3. The zero-order valence-corrected chi connectivity index (χ0v) is 22.5. The third-order valence-corrected chi connectivity index (χ3v) is 7.09. The monoisotopic (exact) mass is 542 g/mol. The van der Waals surface area contributed by atoms with Crippen LogP contribution in [0.15, 0.2) is 54.3 Å². The van der Waals surface area contributed by atoms with Gasteiger partial charge >= 0.3 is 0 Å². The molecule has 0 bridgehead atoms. The van der Waals surface area contributed by atoms with Crippen molar-refractivity contribution >= 4 is 5.78 Å². The van der Waals surface area contributed by atoms with Crippen molar-refractivity contribution < 1.29 is 48.5 Å². The molecule has 5 unspecified atom stereocenters. The highest BCUT2D eigenvalue weighted by Crippen LogP contribution is 2.55. The lowest BCUT2D eigenvalue weighted by molar-refractivity contribution is -0.239. The lowest BCUT2D eigenvalue weighted by Crippen LogP contribution is -2.42. The van der Waals surface area contributed by atoms with Crippen molar-refractivity contribution in [3.63, 3.8) is 0 Å². The number of carbonyl (C=O) groups is 1. The van der Waals surface area contributed by atoms with Gasteiger partial charge in [-0.25, -0.2) is 0 Å². The van der Waals surface area contributed by atoms with Gasteiger partial charge in [0, 0.05) is 5.92 Å². The minimum atomic E-state index is -1.19. The average molecular weight is 543 g/mol. The molecular formula is C29H34O10. The minimum absolute atomic E-state index is 0.00665. The third-order valence-electron chi connectivity index (χ3n) is 7.09. The molecule has 10 nitrogen and oxygen atoms in total. The molecule has 2 aromatic rings. The van der Waals surface area contributed by atoms with Gasteiger partial charge in [0.25, 0.3) is 0 Å². The van der Waals surface area contributed by atoms with Gasteiger partial charge in [0.1, 0.15) is 6.61 Å². The maximum absolute atomic E-state index is 12.5. The van der Waals surface area contributed by atoms with Crippen molar-refractivity contribution in [2.45, 2.75) is 32.5 Å². The lowest BCUT2D eigenvalue weighted by atomic mass is 9.70. The summed E-state index contributed by atoms with van der Waals surface area (Å²) in [4.78, 5) is 12.5. The van der Waals surface area contributed by atoms with Crippen molar-refractivity contribution in [1.29, 1.82) is 0 Å². The number of phenolic OH excluding ortho intramolecular Hbond substituents is 1. The zero-order valence-electron chi connectivity index (χ0n) is 22.5. The number of benzene rings is 2. The highest BCUT2D eigenvalue weighted by Gasteiger charge is 2.57. The number of hydrogen-bond donors (Lipinski definition) is 3. The van der Waals surface area contributed by atoms with Crippen LogP contribution in [0.4, 0.5) is 0 Å². The van der Waals surface area contributed by atoms with Gasteiger partial charge in [0.15, 0.2) is 35.0 Å². The number of ether oxygens (including phenoxy) is 6. The van der Waals surface area contributed by atoms with Gasteiger partial charge in [-0.05, 0) is 67.0 Å². The molecule has 0 aromatic heterocycles. The molecule has 39 heavy (non-hydrogen) atoms. The molecule has 1 aliphatic carbocycles. The Morgan fingerprint density at radius 3 is 2.38 bits per heavy atom. The molecule has 2 aliphatic rings. The van der Waals surface area contributed by atoms with E-state index in [0.717, 1.165) is 5.56 Å². The van der Waals surface area contributed by atoms with Crippen LogP contribution in [0.2, 0.25) is 0 Å². The Kier molecular flexibility index (Phi) is 8.51. The Hall–Kier alpha value is -3.57. The van der Waals surface area contributed by atoms with Gasteiger partial charge in [-0.3, -0.25) is 4.79 Å². The number of hydrogen-bond acceptors (Lipinski definition) is 10. The second-order valence-electron chi connectivity index (χ2n) is 9.50. The number of aliphatic hydroxyl groups excluding tert-OH is 2. The van der Waals surface area contributed by atoms with Crippen molar-refractivity contribution in [2.24, 2.45) is 11.3 Å². The second-order valence-corrected chi connectivity index (χ2v) is 9.50. The molecule has 1 heterocycles. The number of aromatic hydroxyl groups is 1. The summed E-state index contributed by atoms with van der Waals surface area (Å²) >= 11 is 0. The summed E-state index contributed by atoms with van der Waals surface area (Å²) in [5.74, 6) is 0.117. The van der Waals surface area contributed by atoms with E-state index in [-0.39, 0.29) is 29.6 Å². The average Bonchev–Trinajstić information content (AvgIpc) is 3.23. The zero-order chi connectivity index (χ0) is 28.3. The van der Waals surface area contributed by atoms with Crippen LogP contribution in [0.5, 0.6) is 23.0 Å². The van der Waals surface area contributed by atoms with Gasteiger partial charge < -0.3 is 43.7 Å². The molecule has 0 amide bonds. The van der Waals surface area contributed by atoms with Crippen molar-refractivity contribution in [3.8, 4) is 23.0 Å². The molecule has 5 atom stereocenters. The fourth-order valence-electron chi connectivity index (χ4n) is 5.04. The van der Waals surface area contributed by atoms with Crippen molar-refractivity contribution in [1.82, 2.24) is 0 Å². The molecule has 10 heteroatoms. The first-order chi connectivity index (χ1) is 18.7. The molecule has 0 saturated carbocycles. The van der Waals surface area contributed by atoms with Crippen LogP contribution in [-0.4, -0.2) is 68.2 Å². The van der Waals surface area contributed by atoms with E-state index in [4.69, 9.17) is 28.4 Å². The first-order valence-corrected chi connectivity index (χ1v) is 12.4. The molecule has 4 rings (SSSR count). The van der Waals surface area contributed by atoms with E-state index in [1.807, 2.05) is 13.0 Å². The summed E-state index contributed by atoms with van der Waals surface area (Å²) in [5, 5.41) is 31.2. The first-order valence-electron chi connectivity index (χ1n) is 12.4. The SMILES string of the molecule is COC1=CC2(C=CC1=O)C(OC(CO)Oc1ccc(C)cc1OC)OC(c1cc(C)c(O)c(OC)c1)C2CO. The first kappa shape index (κ1) is 28.4. The number of aliphatic hydroxyl groups is 2. The predicted molar refractivity (Wildman–Crippen MR) is 140 cm³/mol. The van der Waals surface area contributed by atoms with Crippen LogP contribution < -0.4 is 14.2 Å². The molecule has 210 valence electrons. The highest BCUT2D eigenvalue weighted by molar-refractivity contribution is 6.03. The van der Waals surface area contributed by atoms with Crippen LogP contribution in [0, 0.1) is 25.2 Å². The van der Waals surface area contributed by atoms with Gasteiger partial charge in [-0.1, -0.05) is 12.1 Å². The topological polar surface area (TPSA) is 133 Å². The summed E-state index contributed by atoms with van der Waals surface area (Å²) in [7, 11) is 4.33. The number of ketones is 1. The summed E-state index contributed by atoms with van der Waals surface area (Å²) in [6.07, 6.45) is 1.48. The van der Waals surface area contributed by atoms with E-state index in [1.54, 1.807) is 43.3 Å². The molecular weight excluding hydrogens is 508 g/mol. The number of allylic oxidation sites excluding steroid dienone is 1. The van der Waals surface area contributed by atoms with Crippen LogP contribution in [0.25, 0.3) is 0 Å². The molecule has 1 aliphatic heterocycles. The van der Waals surface area contributed by atoms with E-state index in [0.29, 0.717) is 22.6 Å². The van der Waals surface area contributed by atoms with Crippen molar-refractivity contribution in [3.05, 3.63) is 71.0 Å². The maximum atomic E-state index is 12.5. The van der Waals surface area contributed by atoms with Crippen LogP contribution in [0.3, 0.4) is 0 Å². The van der Waals surface area contributed by atoms with Crippen LogP contribution in [0.1, 0.15) is 22.8 Å². The molecule has 0 radical (unpaired) electrons. The van der Waals surface area contributed by atoms with Crippen molar-refractivity contribution in [2.75, 3.05) is 34.5 Å².